The molecule has 0 spiro atoms. The zero-order valence-corrected chi connectivity index (χ0v) is 16.1. The summed E-state index contributed by atoms with van der Waals surface area (Å²) >= 11 is 12.8. The number of hydrogen-bond acceptors (Lipinski definition) is 2. The summed E-state index contributed by atoms with van der Waals surface area (Å²) in [5.74, 6) is -0.0124. The molecular weight excluding hydrogens is 379 g/mol. The van der Waals surface area contributed by atoms with Crippen molar-refractivity contribution in [3.63, 3.8) is 0 Å². The highest BCUT2D eigenvalue weighted by Crippen LogP contribution is 2.40. The second-order valence-electron chi connectivity index (χ2n) is 6.76. The first-order valence-corrected chi connectivity index (χ1v) is 9.58. The normalized spacial score (nSPS) is 19.4. The summed E-state index contributed by atoms with van der Waals surface area (Å²) < 4.78 is 2.22. The van der Waals surface area contributed by atoms with E-state index in [9.17, 15) is 0 Å². The molecule has 0 bridgehead atoms. The van der Waals surface area contributed by atoms with Gasteiger partial charge in [-0.1, -0.05) is 77.7 Å². The number of oxime groups is 1. The standard InChI is InChI=1S/C22H16Cl2N2O/c1-13-21(20-16(23)9-6-10-17(20)24)25-27-22(13)26-18-11-4-2-7-14(18)15-8-3-5-12-19(15)26/h2-13,22H,1H3/t13-,22-/m0/s1. The van der Waals surface area contributed by atoms with Crippen molar-refractivity contribution < 1.29 is 4.84 Å². The van der Waals surface area contributed by atoms with Crippen molar-refractivity contribution in [1.82, 2.24) is 4.57 Å². The van der Waals surface area contributed by atoms with Crippen molar-refractivity contribution >= 4 is 50.7 Å². The first-order valence-electron chi connectivity index (χ1n) is 8.82. The van der Waals surface area contributed by atoms with Gasteiger partial charge >= 0.3 is 0 Å². The minimum Gasteiger partial charge on any atom is -0.369 e. The third-order valence-corrected chi connectivity index (χ3v) is 5.84. The number of nitrogens with zero attached hydrogens (tertiary/aromatic N) is 2. The van der Waals surface area contributed by atoms with Crippen LogP contribution >= 0.6 is 23.2 Å². The molecule has 0 saturated heterocycles. The molecule has 134 valence electrons. The van der Waals surface area contributed by atoms with E-state index in [1.807, 2.05) is 30.3 Å². The Bertz CT molecular complexity index is 1140. The third kappa shape index (κ3) is 2.46. The summed E-state index contributed by atoms with van der Waals surface area (Å²) in [5.41, 5.74) is 3.77. The number of aromatic nitrogens is 1. The lowest BCUT2D eigenvalue weighted by Crippen LogP contribution is -2.20. The van der Waals surface area contributed by atoms with Gasteiger partial charge in [-0.3, -0.25) is 0 Å². The Morgan fingerprint density at radius 3 is 1.96 bits per heavy atom. The minimum atomic E-state index is -0.267. The zero-order chi connectivity index (χ0) is 18.5. The van der Waals surface area contributed by atoms with Crippen molar-refractivity contribution in [2.45, 2.75) is 13.2 Å². The highest BCUT2D eigenvalue weighted by atomic mass is 35.5. The lowest BCUT2D eigenvalue weighted by atomic mass is 9.97. The van der Waals surface area contributed by atoms with Gasteiger partial charge in [0, 0.05) is 16.3 Å². The van der Waals surface area contributed by atoms with Gasteiger partial charge in [0.05, 0.1) is 32.7 Å². The van der Waals surface area contributed by atoms with E-state index >= 15 is 0 Å². The molecule has 1 aromatic heterocycles. The van der Waals surface area contributed by atoms with Crippen LogP contribution in [0.25, 0.3) is 21.8 Å². The smallest absolute Gasteiger partial charge is 0.212 e. The van der Waals surface area contributed by atoms with Crippen molar-refractivity contribution in [3.05, 3.63) is 82.3 Å². The van der Waals surface area contributed by atoms with Crippen LogP contribution in [-0.4, -0.2) is 10.3 Å². The zero-order valence-electron chi connectivity index (χ0n) is 14.6. The lowest BCUT2D eigenvalue weighted by molar-refractivity contribution is 0.0170. The fraction of sp³-hybridized carbons (Fsp3) is 0.136. The summed E-state index contributed by atoms with van der Waals surface area (Å²) in [6, 6.07) is 22.2. The molecule has 5 heteroatoms. The van der Waals surface area contributed by atoms with Crippen LogP contribution in [0.15, 0.2) is 71.9 Å². The first kappa shape index (κ1) is 16.7. The predicted molar refractivity (Wildman–Crippen MR) is 112 cm³/mol. The molecule has 2 heterocycles. The van der Waals surface area contributed by atoms with E-state index < -0.39 is 0 Å². The fourth-order valence-corrected chi connectivity index (χ4v) is 4.52. The monoisotopic (exact) mass is 394 g/mol. The summed E-state index contributed by atoms with van der Waals surface area (Å²) in [5, 5.41) is 7.96. The molecule has 1 aliphatic heterocycles. The van der Waals surface area contributed by atoms with E-state index in [0.29, 0.717) is 10.0 Å². The van der Waals surface area contributed by atoms with Crippen molar-refractivity contribution in [1.29, 1.82) is 0 Å². The molecule has 0 radical (unpaired) electrons. The van der Waals surface area contributed by atoms with Gasteiger partial charge in [-0.15, -0.1) is 0 Å². The number of hydrogen-bond donors (Lipinski definition) is 0. The Morgan fingerprint density at radius 1 is 0.815 bits per heavy atom. The van der Waals surface area contributed by atoms with Crippen LogP contribution in [0.2, 0.25) is 10.0 Å². The molecule has 3 aromatic carbocycles. The average Bonchev–Trinajstić information content (AvgIpc) is 3.20. The Morgan fingerprint density at radius 2 is 1.37 bits per heavy atom. The van der Waals surface area contributed by atoms with E-state index in [1.165, 1.54) is 10.8 Å². The van der Waals surface area contributed by atoms with Gasteiger partial charge in [0.1, 0.15) is 0 Å². The lowest BCUT2D eigenvalue weighted by Gasteiger charge is -2.19. The largest absolute Gasteiger partial charge is 0.369 e. The SMILES string of the molecule is C[C@H]1C(c2c(Cl)cccc2Cl)=NO[C@@H]1n1c2ccccc2c2ccccc21. The fourth-order valence-electron chi connectivity index (χ4n) is 3.93. The van der Waals surface area contributed by atoms with E-state index in [0.717, 1.165) is 22.3 Å². The molecular formula is C22H16Cl2N2O. The third-order valence-electron chi connectivity index (χ3n) is 5.21. The highest BCUT2D eigenvalue weighted by Gasteiger charge is 2.36. The quantitative estimate of drug-likeness (QED) is 0.372. The van der Waals surface area contributed by atoms with Crippen LogP contribution in [-0.2, 0) is 4.84 Å². The molecule has 0 aliphatic carbocycles. The van der Waals surface area contributed by atoms with Crippen molar-refractivity contribution in [3.8, 4) is 0 Å². The molecule has 0 N–H and O–H groups in total. The molecule has 0 saturated carbocycles. The number of para-hydroxylation sites is 2. The molecule has 3 nitrogen and oxygen atoms in total. The van der Waals surface area contributed by atoms with Crippen molar-refractivity contribution in [2.24, 2.45) is 11.1 Å². The maximum atomic E-state index is 6.41. The van der Waals surface area contributed by atoms with E-state index in [-0.39, 0.29) is 12.1 Å². The Kier molecular flexibility index (Phi) is 3.88. The summed E-state index contributed by atoms with van der Waals surface area (Å²) in [7, 11) is 0. The van der Waals surface area contributed by atoms with Gasteiger partial charge in [-0.2, -0.15) is 0 Å². The topological polar surface area (TPSA) is 26.5 Å². The molecule has 0 amide bonds. The van der Waals surface area contributed by atoms with Crippen molar-refractivity contribution in [2.75, 3.05) is 0 Å². The second kappa shape index (κ2) is 6.29. The van der Waals surface area contributed by atoms with E-state index in [2.05, 4.69) is 53.0 Å². The van der Waals surface area contributed by atoms with Gasteiger partial charge in [-0.05, 0) is 24.3 Å². The molecule has 0 unspecified atom stereocenters. The number of rotatable bonds is 2. The predicted octanol–water partition coefficient (Wildman–Crippen LogP) is 6.67. The molecule has 1 aliphatic rings. The Labute approximate surface area is 166 Å². The van der Waals surface area contributed by atoms with Gasteiger partial charge in [-0.25, -0.2) is 0 Å². The maximum Gasteiger partial charge on any atom is 0.212 e. The minimum absolute atomic E-state index is 0.0124. The van der Waals surface area contributed by atoms with Gasteiger partial charge in [0.25, 0.3) is 0 Å². The van der Waals surface area contributed by atoms with Crippen LogP contribution in [0.5, 0.6) is 0 Å². The van der Waals surface area contributed by atoms with Crippen LogP contribution in [0, 0.1) is 5.92 Å². The first-order chi connectivity index (χ1) is 13.2. The van der Waals surface area contributed by atoms with Gasteiger partial charge in [0.2, 0.25) is 6.23 Å². The molecule has 27 heavy (non-hydrogen) atoms. The molecule has 0 fully saturated rings. The highest BCUT2D eigenvalue weighted by molar-refractivity contribution is 6.40. The summed E-state index contributed by atoms with van der Waals surface area (Å²) in [6.07, 6.45) is -0.267. The van der Waals surface area contributed by atoms with Crippen LogP contribution in [0.4, 0.5) is 0 Å². The van der Waals surface area contributed by atoms with E-state index in [1.54, 1.807) is 0 Å². The van der Waals surface area contributed by atoms with Crippen LogP contribution in [0.3, 0.4) is 0 Å². The van der Waals surface area contributed by atoms with Gasteiger partial charge < -0.3 is 9.40 Å². The number of fused-ring (bicyclic) bond motifs is 3. The Hall–Kier alpha value is -2.49. The molecule has 4 aromatic rings. The van der Waals surface area contributed by atoms with Gasteiger partial charge in [0.15, 0.2) is 0 Å². The molecule has 2 atom stereocenters. The van der Waals surface area contributed by atoms with Crippen LogP contribution < -0.4 is 0 Å². The second-order valence-corrected chi connectivity index (χ2v) is 7.58. The molecule has 5 rings (SSSR count). The summed E-state index contributed by atoms with van der Waals surface area (Å²) in [4.78, 5) is 5.94. The van der Waals surface area contributed by atoms with E-state index in [4.69, 9.17) is 28.0 Å². The maximum absolute atomic E-state index is 6.41. The number of benzene rings is 3. The van der Waals surface area contributed by atoms with Crippen LogP contribution in [0.1, 0.15) is 18.7 Å². The Balaban J connectivity index is 1.67. The number of halogens is 2. The average molecular weight is 395 g/mol. The summed E-state index contributed by atoms with van der Waals surface area (Å²) in [6.45, 7) is 2.10.